The fourth-order valence-corrected chi connectivity index (χ4v) is 1.89. The number of unbranched alkanes of at least 4 members (excludes halogenated alkanes) is 4. The molecule has 0 spiro atoms. The van der Waals surface area contributed by atoms with E-state index in [1.165, 1.54) is 25.7 Å². The molecule has 0 saturated heterocycles. The zero-order valence-corrected chi connectivity index (χ0v) is 12.4. The van der Waals surface area contributed by atoms with E-state index in [-0.39, 0.29) is 0 Å². The molecular weight excluding hydrogens is 250 g/mol. The minimum atomic E-state index is 0.654. The normalized spacial score (nSPS) is 10.2. The van der Waals surface area contributed by atoms with Gasteiger partial charge in [0.2, 0.25) is 0 Å². The predicted octanol–water partition coefficient (Wildman–Crippen LogP) is 4.31. The number of ether oxygens (including phenoxy) is 2. The number of rotatable bonds is 11. The molecular formula is C17H25NO2. The number of nitrogens with zero attached hydrogens (tertiary/aromatic N) is 1. The van der Waals surface area contributed by atoms with Crippen molar-refractivity contribution in [3.05, 3.63) is 29.8 Å². The first-order chi connectivity index (χ1) is 9.86. The van der Waals surface area contributed by atoms with Crippen LogP contribution in [0.15, 0.2) is 24.3 Å². The SMILES string of the molecule is CCCCCCCOCCCOc1ccc(C#N)cc1. The summed E-state index contributed by atoms with van der Waals surface area (Å²) in [5.41, 5.74) is 0.656. The van der Waals surface area contributed by atoms with Gasteiger partial charge in [-0.1, -0.05) is 32.6 Å². The predicted molar refractivity (Wildman–Crippen MR) is 80.8 cm³/mol. The van der Waals surface area contributed by atoms with E-state index in [2.05, 4.69) is 13.0 Å². The summed E-state index contributed by atoms with van der Waals surface area (Å²) in [5, 5.41) is 8.69. The van der Waals surface area contributed by atoms with E-state index in [0.717, 1.165) is 31.8 Å². The Labute approximate surface area is 122 Å². The molecule has 0 saturated carbocycles. The molecule has 0 heterocycles. The van der Waals surface area contributed by atoms with Gasteiger partial charge < -0.3 is 9.47 Å². The van der Waals surface area contributed by atoms with Crippen LogP contribution in [0, 0.1) is 11.3 Å². The van der Waals surface area contributed by atoms with Crippen LogP contribution in [0.2, 0.25) is 0 Å². The fourth-order valence-electron chi connectivity index (χ4n) is 1.89. The zero-order valence-electron chi connectivity index (χ0n) is 12.4. The Morgan fingerprint density at radius 3 is 2.30 bits per heavy atom. The maximum Gasteiger partial charge on any atom is 0.119 e. The molecule has 0 atom stereocenters. The highest BCUT2D eigenvalue weighted by Gasteiger charge is 1.95. The summed E-state index contributed by atoms with van der Waals surface area (Å²) in [6.07, 6.45) is 7.27. The molecule has 0 aliphatic carbocycles. The number of nitriles is 1. The summed E-state index contributed by atoms with van der Waals surface area (Å²) < 4.78 is 11.1. The van der Waals surface area contributed by atoms with Crippen LogP contribution in [0.3, 0.4) is 0 Å². The van der Waals surface area contributed by atoms with Gasteiger partial charge in [0, 0.05) is 19.6 Å². The van der Waals surface area contributed by atoms with E-state index in [0.29, 0.717) is 12.2 Å². The van der Waals surface area contributed by atoms with Crippen molar-refractivity contribution in [1.29, 1.82) is 5.26 Å². The summed E-state index contributed by atoms with van der Waals surface area (Å²) in [5.74, 6) is 0.809. The molecule has 1 aromatic rings. The highest BCUT2D eigenvalue weighted by molar-refractivity contribution is 5.34. The third kappa shape index (κ3) is 7.81. The third-order valence-electron chi connectivity index (χ3n) is 3.08. The van der Waals surface area contributed by atoms with Crippen molar-refractivity contribution in [2.45, 2.75) is 45.4 Å². The van der Waals surface area contributed by atoms with Gasteiger partial charge in [-0.2, -0.15) is 5.26 Å². The molecule has 1 rings (SSSR count). The number of benzene rings is 1. The molecule has 1 aromatic carbocycles. The summed E-state index contributed by atoms with van der Waals surface area (Å²) in [6.45, 7) is 4.50. The topological polar surface area (TPSA) is 42.2 Å². The Balaban J connectivity index is 1.93. The van der Waals surface area contributed by atoms with Gasteiger partial charge in [0.05, 0.1) is 18.2 Å². The van der Waals surface area contributed by atoms with Gasteiger partial charge >= 0.3 is 0 Å². The van der Waals surface area contributed by atoms with E-state index in [1.54, 1.807) is 12.1 Å². The lowest BCUT2D eigenvalue weighted by Gasteiger charge is -2.07. The van der Waals surface area contributed by atoms with Crippen molar-refractivity contribution in [3.63, 3.8) is 0 Å². The van der Waals surface area contributed by atoms with Crippen molar-refractivity contribution >= 4 is 0 Å². The first-order valence-corrected chi connectivity index (χ1v) is 7.57. The maximum atomic E-state index is 8.69. The third-order valence-corrected chi connectivity index (χ3v) is 3.08. The fraction of sp³-hybridized carbons (Fsp3) is 0.588. The summed E-state index contributed by atoms with van der Waals surface area (Å²) in [4.78, 5) is 0. The number of hydrogen-bond donors (Lipinski definition) is 0. The summed E-state index contributed by atoms with van der Waals surface area (Å²) in [6, 6.07) is 9.27. The average molecular weight is 275 g/mol. The Hall–Kier alpha value is -1.53. The van der Waals surface area contributed by atoms with Gasteiger partial charge in [0.1, 0.15) is 5.75 Å². The van der Waals surface area contributed by atoms with Crippen LogP contribution < -0.4 is 4.74 Å². The molecule has 3 nitrogen and oxygen atoms in total. The van der Waals surface area contributed by atoms with Gasteiger partial charge in [-0.15, -0.1) is 0 Å². The first kappa shape index (κ1) is 16.5. The average Bonchev–Trinajstić information content (AvgIpc) is 2.50. The zero-order chi connectivity index (χ0) is 14.5. The molecule has 20 heavy (non-hydrogen) atoms. The van der Waals surface area contributed by atoms with Crippen molar-refractivity contribution in [3.8, 4) is 11.8 Å². The monoisotopic (exact) mass is 275 g/mol. The van der Waals surface area contributed by atoms with E-state index in [1.807, 2.05) is 12.1 Å². The van der Waals surface area contributed by atoms with Crippen molar-refractivity contribution in [1.82, 2.24) is 0 Å². The second-order valence-electron chi connectivity index (χ2n) is 4.86. The highest BCUT2D eigenvalue weighted by atomic mass is 16.5. The van der Waals surface area contributed by atoms with Gasteiger partial charge in [-0.25, -0.2) is 0 Å². The lowest BCUT2D eigenvalue weighted by molar-refractivity contribution is 0.116. The molecule has 0 aliphatic rings. The molecule has 3 heteroatoms. The van der Waals surface area contributed by atoms with E-state index >= 15 is 0 Å². The van der Waals surface area contributed by atoms with Crippen LogP contribution in [0.5, 0.6) is 5.75 Å². The second-order valence-corrected chi connectivity index (χ2v) is 4.86. The van der Waals surface area contributed by atoms with Crippen LogP contribution >= 0.6 is 0 Å². The smallest absolute Gasteiger partial charge is 0.119 e. The van der Waals surface area contributed by atoms with Crippen LogP contribution in [-0.2, 0) is 4.74 Å². The molecule has 0 radical (unpaired) electrons. The van der Waals surface area contributed by atoms with Crippen molar-refractivity contribution < 1.29 is 9.47 Å². The van der Waals surface area contributed by atoms with Crippen molar-refractivity contribution in [2.24, 2.45) is 0 Å². The molecule has 110 valence electrons. The van der Waals surface area contributed by atoms with Gasteiger partial charge in [0.15, 0.2) is 0 Å². The van der Waals surface area contributed by atoms with Gasteiger partial charge in [-0.3, -0.25) is 0 Å². The van der Waals surface area contributed by atoms with Gasteiger partial charge in [-0.05, 0) is 30.7 Å². The standard InChI is InChI=1S/C17H25NO2/c1-2-3-4-5-6-12-19-13-7-14-20-17-10-8-16(15-18)9-11-17/h8-11H,2-7,12-14H2,1H3. The van der Waals surface area contributed by atoms with E-state index in [9.17, 15) is 0 Å². The summed E-state index contributed by atoms with van der Waals surface area (Å²) in [7, 11) is 0. The maximum absolute atomic E-state index is 8.69. The Morgan fingerprint density at radius 2 is 1.60 bits per heavy atom. The van der Waals surface area contributed by atoms with E-state index in [4.69, 9.17) is 14.7 Å². The van der Waals surface area contributed by atoms with Gasteiger partial charge in [0.25, 0.3) is 0 Å². The van der Waals surface area contributed by atoms with E-state index < -0.39 is 0 Å². The molecule has 0 unspecified atom stereocenters. The molecule has 0 fully saturated rings. The van der Waals surface area contributed by atoms with Crippen LogP contribution in [0.1, 0.15) is 51.0 Å². The molecule has 0 aromatic heterocycles. The van der Waals surface area contributed by atoms with Crippen LogP contribution in [-0.4, -0.2) is 19.8 Å². The Morgan fingerprint density at radius 1 is 0.900 bits per heavy atom. The first-order valence-electron chi connectivity index (χ1n) is 7.57. The van der Waals surface area contributed by atoms with Crippen molar-refractivity contribution in [2.75, 3.05) is 19.8 Å². The lowest BCUT2D eigenvalue weighted by atomic mass is 10.2. The highest BCUT2D eigenvalue weighted by Crippen LogP contribution is 2.11. The number of hydrogen-bond acceptors (Lipinski definition) is 3. The molecule has 0 aliphatic heterocycles. The Bertz CT molecular complexity index is 381. The second kappa shape index (κ2) is 11.3. The lowest BCUT2D eigenvalue weighted by Crippen LogP contribution is -2.04. The molecule has 0 N–H and O–H groups in total. The molecule has 0 amide bonds. The van der Waals surface area contributed by atoms with Crippen LogP contribution in [0.4, 0.5) is 0 Å². The summed E-state index contributed by atoms with van der Waals surface area (Å²) >= 11 is 0. The minimum Gasteiger partial charge on any atom is -0.494 e. The molecule has 0 bridgehead atoms. The Kier molecular flexibility index (Phi) is 9.34. The quantitative estimate of drug-likeness (QED) is 0.565. The largest absolute Gasteiger partial charge is 0.494 e. The minimum absolute atomic E-state index is 0.654. The van der Waals surface area contributed by atoms with Crippen LogP contribution in [0.25, 0.3) is 0 Å².